The van der Waals surface area contributed by atoms with E-state index >= 15 is 0 Å². The zero-order valence-corrected chi connectivity index (χ0v) is 5.30. The van der Waals surface area contributed by atoms with Crippen LogP contribution in [0.3, 0.4) is 0 Å². The summed E-state index contributed by atoms with van der Waals surface area (Å²) in [4.78, 5) is 10.6. The summed E-state index contributed by atoms with van der Waals surface area (Å²) in [5, 5.41) is 0. The molecule has 0 aromatic heterocycles. The fourth-order valence-corrected chi connectivity index (χ4v) is 0.640. The molecule has 0 aromatic carbocycles. The summed E-state index contributed by atoms with van der Waals surface area (Å²) in [6.07, 6.45) is 3.19. The molecule has 0 N–H and O–H groups in total. The van der Waals surface area contributed by atoms with E-state index in [0.717, 1.165) is 13.0 Å². The molecule has 0 amide bonds. The zero-order chi connectivity index (χ0) is 6.69. The monoisotopic (exact) mass is 126 g/mol. The molecule has 1 saturated heterocycles. The van der Waals surface area contributed by atoms with Crippen molar-refractivity contribution in [2.45, 2.75) is 18.9 Å². The van der Waals surface area contributed by atoms with E-state index in [0.29, 0.717) is 12.5 Å². The molecule has 1 aliphatic rings. The molecule has 2 nitrogen and oxygen atoms in total. The lowest BCUT2D eigenvalue weighted by atomic mass is 10.2. The van der Waals surface area contributed by atoms with Crippen LogP contribution in [0.5, 0.6) is 0 Å². The first kappa shape index (κ1) is 6.49. The van der Waals surface area contributed by atoms with Gasteiger partial charge in [0.05, 0.1) is 12.7 Å². The number of hydrogen-bond acceptors (Lipinski definition) is 2. The van der Waals surface area contributed by atoms with Gasteiger partial charge in [-0.05, 0) is 12.5 Å². The average Bonchev–Trinajstić information content (AvgIpc) is 2.65. The fraction of sp³-hybridized carbons (Fsp3) is 0.571. The largest absolute Gasteiger partial charge is 0.373 e. The van der Waals surface area contributed by atoms with Gasteiger partial charge in [-0.2, -0.15) is 0 Å². The van der Waals surface area contributed by atoms with Crippen molar-refractivity contribution in [3.05, 3.63) is 12.7 Å². The molecule has 9 heavy (non-hydrogen) atoms. The molecule has 1 fully saturated rings. The maximum Gasteiger partial charge on any atom is 0.155 e. The van der Waals surface area contributed by atoms with E-state index in [-0.39, 0.29) is 5.78 Å². The quantitative estimate of drug-likeness (QED) is 0.414. The first-order valence-corrected chi connectivity index (χ1v) is 3.10. The highest BCUT2D eigenvalue weighted by Crippen LogP contribution is 2.15. The van der Waals surface area contributed by atoms with E-state index in [9.17, 15) is 4.79 Å². The lowest BCUT2D eigenvalue weighted by Crippen LogP contribution is -1.94. The molecular formula is C7H10O2. The Kier molecular flexibility index (Phi) is 2.01. The van der Waals surface area contributed by atoms with Gasteiger partial charge < -0.3 is 4.74 Å². The molecule has 2 heteroatoms. The first-order chi connectivity index (χ1) is 4.33. The third-order valence-electron chi connectivity index (χ3n) is 1.34. The van der Waals surface area contributed by atoms with Gasteiger partial charge in [-0.15, -0.1) is 0 Å². The highest BCUT2D eigenvalue weighted by atomic mass is 16.6. The zero-order valence-electron chi connectivity index (χ0n) is 5.30. The Hall–Kier alpha value is -0.630. The predicted octanol–water partition coefficient (Wildman–Crippen LogP) is 0.920. The van der Waals surface area contributed by atoms with E-state index in [1.54, 1.807) is 0 Å². The van der Waals surface area contributed by atoms with Crippen LogP contribution in [0.15, 0.2) is 12.7 Å². The van der Waals surface area contributed by atoms with Crippen molar-refractivity contribution in [1.82, 2.24) is 0 Å². The van der Waals surface area contributed by atoms with Crippen LogP contribution in [0.2, 0.25) is 0 Å². The van der Waals surface area contributed by atoms with Crippen LogP contribution in [0.25, 0.3) is 0 Å². The minimum absolute atomic E-state index is 0.116. The summed E-state index contributed by atoms with van der Waals surface area (Å²) in [6.45, 7) is 4.21. The molecule has 1 heterocycles. The summed E-state index contributed by atoms with van der Waals surface area (Å²) in [6, 6.07) is 0. The van der Waals surface area contributed by atoms with Gasteiger partial charge in [0, 0.05) is 6.42 Å². The summed E-state index contributed by atoms with van der Waals surface area (Å²) >= 11 is 0. The number of hydrogen-bond donors (Lipinski definition) is 0. The lowest BCUT2D eigenvalue weighted by Gasteiger charge is -1.88. The molecule has 0 spiro atoms. The Balaban J connectivity index is 2.02. The second kappa shape index (κ2) is 2.78. The Labute approximate surface area is 54.5 Å². The van der Waals surface area contributed by atoms with E-state index in [1.165, 1.54) is 6.08 Å². The molecule has 50 valence electrons. The highest BCUT2D eigenvalue weighted by Gasteiger charge is 2.22. The average molecular weight is 126 g/mol. The van der Waals surface area contributed by atoms with Gasteiger partial charge >= 0.3 is 0 Å². The molecule has 0 aliphatic carbocycles. The molecule has 0 saturated carbocycles. The van der Waals surface area contributed by atoms with E-state index in [2.05, 4.69) is 6.58 Å². The standard InChI is InChI=1S/C7H10O2/c1-2-6(8)3-4-7-5-9-7/h2,7H,1,3-5H2. The van der Waals surface area contributed by atoms with Gasteiger partial charge in [0.15, 0.2) is 5.78 Å². The predicted molar refractivity (Wildman–Crippen MR) is 34.2 cm³/mol. The number of ether oxygens (including phenoxy) is 1. The highest BCUT2D eigenvalue weighted by molar-refractivity contribution is 5.88. The SMILES string of the molecule is C=CC(=O)CCC1CO1. The van der Waals surface area contributed by atoms with E-state index < -0.39 is 0 Å². The number of carbonyl (C=O) groups is 1. The summed E-state index contributed by atoms with van der Waals surface area (Å²) in [5.74, 6) is 0.116. The molecule has 1 unspecified atom stereocenters. The third kappa shape index (κ3) is 2.42. The van der Waals surface area contributed by atoms with E-state index in [1.807, 2.05) is 0 Å². The molecule has 1 atom stereocenters. The molecule has 0 radical (unpaired) electrons. The third-order valence-corrected chi connectivity index (χ3v) is 1.34. The van der Waals surface area contributed by atoms with Crippen LogP contribution in [-0.4, -0.2) is 18.5 Å². The van der Waals surface area contributed by atoms with Crippen molar-refractivity contribution < 1.29 is 9.53 Å². The molecular weight excluding hydrogens is 116 g/mol. The molecule has 1 rings (SSSR count). The van der Waals surface area contributed by atoms with Crippen LogP contribution in [0.1, 0.15) is 12.8 Å². The van der Waals surface area contributed by atoms with Gasteiger partial charge in [-0.1, -0.05) is 6.58 Å². The maximum atomic E-state index is 10.6. The number of epoxide rings is 1. The van der Waals surface area contributed by atoms with Gasteiger partial charge in [0.25, 0.3) is 0 Å². The van der Waals surface area contributed by atoms with Crippen molar-refractivity contribution in [2.75, 3.05) is 6.61 Å². The van der Waals surface area contributed by atoms with Crippen molar-refractivity contribution >= 4 is 5.78 Å². The van der Waals surface area contributed by atoms with Crippen LogP contribution in [0.4, 0.5) is 0 Å². The smallest absolute Gasteiger partial charge is 0.155 e. The Morgan fingerprint density at radius 1 is 1.89 bits per heavy atom. The Bertz CT molecular complexity index is 125. The second-order valence-electron chi connectivity index (χ2n) is 2.16. The lowest BCUT2D eigenvalue weighted by molar-refractivity contribution is -0.114. The summed E-state index contributed by atoms with van der Waals surface area (Å²) < 4.78 is 4.92. The molecule has 1 aliphatic heterocycles. The van der Waals surface area contributed by atoms with Crippen molar-refractivity contribution in [1.29, 1.82) is 0 Å². The summed E-state index contributed by atoms with van der Waals surface area (Å²) in [7, 11) is 0. The van der Waals surface area contributed by atoms with Gasteiger partial charge in [0.2, 0.25) is 0 Å². The summed E-state index contributed by atoms with van der Waals surface area (Å²) in [5.41, 5.74) is 0. The minimum atomic E-state index is 0.116. The topological polar surface area (TPSA) is 29.6 Å². The number of allylic oxidation sites excluding steroid dienone is 1. The van der Waals surface area contributed by atoms with E-state index in [4.69, 9.17) is 4.74 Å². The minimum Gasteiger partial charge on any atom is -0.373 e. The normalized spacial score (nSPS) is 23.3. The van der Waals surface area contributed by atoms with Gasteiger partial charge in [-0.3, -0.25) is 4.79 Å². The maximum absolute atomic E-state index is 10.6. The van der Waals surface area contributed by atoms with Crippen LogP contribution >= 0.6 is 0 Å². The van der Waals surface area contributed by atoms with Crippen LogP contribution < -0.4 is 0 Å². The van der Waals surface area contributed by atoms with Crippen LogP contribution in [-0.2, 0) is 9.53 Å². The fourth-order valence-electron chi connectivity index (χ4n) is 0.640. The number of ketones is 1. The van der Waals surface area contributed by atoms with Crippen molar-refractivity contribution in [3.8, 4) is 0 Å². The Morgan fingerprint density at radius 3 is 3.00 bits per heavy atom. The number of carbonyl (C=O) groups excluding carboxylic acids is 1. The van der Waals surface area contributed by atoms with Crippen LogP contribution in [0, 0.1) is 0 Å². The molecule has 0 aromatic rings. The second-order valence-corrected chi connectivity index (χ2v) is 2.16. The number of rotatable bonds is 4. The molecule has 0 bridgehead atoms. The van der Waals surface area contributed by atoms with Gasteiger partial charge in [-0.25, -0.2) is 0 Å². The van der Waals surface area contributed by atoms with Crippen molar-refractivity contribution in [3.63, 3.8) is 0 Å². The van der Waals surface area contributed by atoms with Crippen molar-refractivity contribution in [2.24, 2.45) is 0 Å². The first-order valence-electron chi connectivity index (χ1n) is 3.10. The van der Waals surface area contributed by atoms with Gasteiger partial charge in [0.1, 0.15) is 0 Å². The Morgan fingerprint density at radius 2 is 2.56 bits per heavy atom.